The van der Waals surface area contributed by atoms with Gasteiger partial charge < -0.3 is 5.32 Å². The van der Waals surface area contributed by atoms with Crippen LogP contribution in [0, 0.1) is 5.92 Å². The third-order valence-electron chi connectivity index (χ3n) is 4.93. The van der Waals surface area contributed by atoms with Crippen molar-refractivity contribution in [2.24, 2.45) is 5.92 Å². The van der Waals surface area contributed by atoms with E-state index in [4.69, 9.17) is 0 Å². The van der Waals surface area contributed by atoms with Gasteiger partial charge in [-0.2, -0.15) is 0 Å². The van der Waals surface area contributed by atoms with E-state index in [0.29, 0.717) is 18.1 Å². The monoisotopic (exact) mass is 363 g/mol. The van der Waals surface area contributed by atoms with Crippen molar-refractivity contribution in [2.45, 2.75) is 52.6 Å². The summed E-state index contributed by atoms with van der Waals surface area (Å²) in [6.45, 7) is 11.7. The van der Waals surface area contributed by atoms with Crippen LogP contribution in [0.15, 0.2) is 59.5 Å². The van der Waals surface area contributed by atoms with Crippen LogP contribution in [0.3, 0.4) is 0 Å². The first kappa shape index (κ1) is 19.3. The Morgan fingerprint density at radius 2 is 1.78 bits per heavy atom. The Morgan fingerprint density at radius 1 is 1.07 bits per heavy atom. The molecule has 1 aromatic carbocycles. The fourth-order valence-electron chi connectivity index (χ4n) is 3.34. The highest BCUT2D eigenvalue weighted by molar-refractivity contribution is 5.38. The van der Waals surface area contributed by atoms with Crippen LogP contribution >= 0.6 is 0 Å². The molecule has 0 unspecified atom stereocenters. The molecule has 4 heteroatoms. The van der Waals surface area contributed by atoms with Crippen molar-refractivity contribution >= 4 is 5.65 Å². The van der Waals surface area contributed by atoms with Crippen LogP contribution < -0.4 is 10.9 Å². The topological polar surface area (TPSA) is 46.4 Å². The van der Waals surface area contributed by atoms with Gasteiger partial charge in [0, 0.05) is 24.8 Å². The minimum Gasteiger partial charge on any atom is -0.304 e. The number of pyridine rings is 1. The first-order chi connectivity index (χ1) is 12.8. The van der Waals surface area contributed by atoms with E-state index in [0.717, 1.165) is 5.69 Å². The Labute approximate surface area is 161 Å². The lowest BCUT2D eigenvalue weighted by Gasteiger charge is -2.25. The maximum atomic E-state index is 12.3. The van der Waals surface area contributed by atoms with Gasteiger partial charge in [0.1, 0.15) is 5.65 Å². The zero-order valence-corrected chi connectivity index (χ0v) is 16.9. The first-order valence-corrected chi connectivity index (χ1v) is 9.57. The SMILES string of the molecule is CC(C)[C@H](NCc1cc(=O)n2ccccc2n1)c1ccc(C(C)(C)C)cc1. The number of hydrogen-bond acceptors (Lipinski definition) is 3. The Balaban J connectivity index is 1.80. The molecule has 2 heterocycles. The summed E-state index contributed by atoms with van der Waals surface area (Å²) < 4.78 is 1.56. The quantitative estimate of drug-likeness (QED) is 0.727. The predicted octanol–water partition coefficient (Wildman–Crippen LogP) is 4.48. The second-order valence-electron chi connectivity index (χ2n) is 8.49. The van der Waals surface area contributed by atoms with Gasteiger partial charge in [-0.15, -0.1) is 0 Å². The Bertz CT molecular complexity index is 965. The van der Waals surface area contributed by atoms with E-state index in [2.05, 4.69) is 69.2 Å². The molecule has 142 valence electrons. The van der Waals surface area contributed by atoms with Gasteiger partial charge in [0.15, 0.2) is 0 Å². The Hall–Kier alpha value is -2.46. The molecule has 1 N–H and O–H groups in total. The number of benzene rings is 1. The van der Waals surface area contributed by atoms with Crippen molar-refractivity contribution in [1.82, 2.24) is 14.7 Å². The van der Waals surface area contributed by atoms with E-state index < -0.39 is 0 Å². The van der Waals surface area contributed by atoms with Crippen molar-refractivity contribution in [3.05, 3.63) is 81.9 Å². The molecule has 0 saturated heterocycles. The van der Waals surface area contributed by atoms with Crippen molar-refractivity contribution in [1.29, 1.82) is 0 Å². The van der Waals surface area contributed by atoms with Gasteiger partial charge in [-0.05, 0) is 34.6 Å². The molecular weight excluding hydrogens is 334 g/mol. The molecule has 3 aromatic rings. The summed E-state index contributed by atoms with van der Waals surface area (Å²) in [7, 11) is 0. The van der Waals surface area contributed by atoms with Crippen LogP contribution in [-0.4, -0.2) is 9.38 Å². The molecule has 27 heavy (non-hydrogen) atoms. The highest BCUT2D eigenvalue weighted by Gasteiger charge is 2.18. The Morgan fingerprint density at radius 3 is 2.41 bits per heavy atom. The minimum absolute atomic E-state index is 0.0481. The molecule has 0 bridgehead atoms. The van der Waals surface area contributed by atoms with Crippen LogP contribution in [0.25, 0.3) is 5.65 Å². The maximum absolute atomic E-state index is 12.3. The van der Waals surface area contributed by atoms with Gasteiger partial charge in [0.2, 0.25) is 0 Å². The third kappa shape index (κ3) is 4.45. The summed E-state index contributed by atoms with van der Waals surface area (Å²) in [5.41, 5.74) is 4.14. The first-order valence-electron chi connectivity index (χ1n) is 9.57. The zero-order valence-electron chi connectivity index (χ0n) is 16.9. The lowest BCUT2D eigenvalue weighted by atomic mass is 9.85. The molecule has 0 saturated carbocycles. The molecule has 3 rings (SSSR count). The largest absolute Gasteiger partial charge is 0.304 e. The molecule has 0 spiro atoms. The lowest BCUT2D eigenvalue weighted by Crippen LogP contribution is -2.27. The van der Waals surface area contributed by atoms with Crippen molar-refractivity contribution in [3.63, 3.8) is 0 Å². The van der Waals surface area contributed by atoms with E-state index in [1.165, 1.54) is 11.1 Å². The molecule has 0 aliphatic heterocycles. The van der Waals surface area contributed by atoms with E-state index in [-0.39, 0.29) is 17.0 Å². The average molecular weight is 364 g/mol. The molecular formula is C23H29N3O. The number of aromatic nitrogens is 2. The molecule has 0 amide bonds. The van der Waals surface area contributed by atoms with E-state index >= 15 is 0 Å². The maximum Gasteiger partial charge on any atom is 0.258 e. The Kier molecular flexibility index (Phi) is 5.47. The van der Waals surface area contributed by atoms with Crippen LogP contribution in [0.2, 0.25) is 0 Å². The fourth-order valence-corrected chi connectivity index (χ4v) is 3.34. The highest BCUT2D eigenvalue weighted by Crippen LogP contribution is 2.27. The number of nitrogens with one attached hydrogen (secondary N) is 1. The van der Waals surface area contributed by atoms with Gasteiger partial charge in [-0.1, -0.05) is 65.0 Å². The minimum atomic E-state index is -0.0481. The number of hydrogen-bond donors (Lipinski definition) is 1. The van der Waals surface area contributed by atoms with Crippen LogP contribution in [0.5, 0.6) is 0 Å². The summed E-state index contributed by atoms with van der Waals surface area (Å²) in [5, 5.41) is 3.59. The zero-order chi connectivity index (χ0) is 19.6. The van der Waals surface area contributed by atoms with Crippen LogP contribution in [0.4, 0.5) is 0 Å². The predicted molar refractivity (Wildman–Crippen MR) is 111 cm³/mol. The number of rotatable bonds is 5. The number of nitrogens with zero attached hydrogens (tertiary/aromatic N) is 2. The van der Waals surface area contributed by atoms with E-state index in [9.17, 15) is 4.79 Å². The standard InChI is InChI=1S/C23H29N3O/c1-16(2)22(17-9-11-18(12-10-17)23(3,4)5)24-15-19-14-21(27)26-13-7-6-8-20(26)25-19/h6-14,16,22,24H,15H2,1-5H3/t22-/m0/s1. The van der Waals surface area contributed by atoms with E-state index in [1.807, 2.05) is 18.2 Å². The smallest absolute Gasteiger partial charge is 0.258 e. The van der Waals surface area contributed by atoms with Gasteiger partial charge >= 0.3 is 0 Å². The van der Waals surface area contributed by atoms with Gasteiger partial charge in [0.25, 0.3) is 5.56 Å². The third-order valence-corrected chi connectivity index (χ3v) is 4.93. The summed E-state index contributed by atoms with van der Waals surface area (Å²) in [6.07, 6.45) is 1.75. The molecule has 0 fully saturated rings. The van der Waals surface area contributed by atoms with Crippen molar-refractivity contribution < 1.29 is 0 Å². The van der Waals surface area contributed by atoms with Crippen LogP contribution in [-0.2, 0) is 12.0 Å². The highest BCUT2D eigenvalue weighted by atomic mass is 16.1. The average Bonchev–Trinajstić information content (AvgIpc) is 2.61. The van der Waals surface area contributed by atoms with E-state index in [1.54, 1.807) is 16.7 Å². The van der Waals surface area contributed by atoms with Gasteiger partial charge in [-0.3, -0.25) is 9.20 Å². The molecule has 4 nitrogen and oxygen atoms in total. The molecule has 1 atom stereocenters. The van der Waals surface area contributed by atoms with Crippen LogP contribution in [0.1, 0.15) is 57.5 Å². The van der Waals surface area contributed by atoms with Gasteiger partial charge in [-0.25, -0.2) is 4.98 Å². The van der Waals surface area contributed by atoms with Gasteiger partial charge in [0.05, 0.1) is 5.69 Å². The molecule has 0 radical (unpaired) electrons. The molecule has 2 aromatic heterocycles. The summed E-state index contributed by atoms with van der Waals surface area (Å²) in [6, 6.07) is 16.3. The fraction of sp³-hybridized carbons (Fsp3) is 0.391. The summed E-state index contributed by atoms with van der Waals surface area (Å²) in [5.74, 6) is 0.423. The second kappa shape index (κ2) is 7.65. The van der Waals surface area contributed by atoms with Crippen molar-refractivity contribution in [3.8, 4) is 0 Å². The normalized spacial score (nSPS) is 13.3. The second-order valence-corrected chi connectivity index (χ2v) is 8.49. The molecule has 0 aliphatic carbocycles. The number of fused-ring (bicyclic) bond motifs is 1. The summed E-state index contributed by atoms with van der Waals surface area (Å²) in [4.78, 5) is 16.9. The van der Waals surface area contributed by atoms with Crippen molar-refractivity contribution in [2.75, 3.05) is 0 Å². The lowest BCUT2D eigenvalue weighted by molar-refractivity contribution is 0.408. The summed E-state index contributed by atoms with van der Waals surface area (Å²) >= 11 is 0. The molecule has 0 aliphatic rings.